The number of ether oxygens (including phenoxy) is 2. The van der Waals surface area contributed by atoms with Crippen LogP contribution >= 0.6 is 0 Å². The summed E-state index contributed by atoms with van der Waals surface area (Å²) in [4.78, 5) is 37.2. The Hall–Kier alpha value is -3.39. The second kappa shape index (κ2) is 11.2. The fourth-order valence-electron chi connectivity index (χ4n) is 4.27. The molecule has 0 saturated heterocycles. The minimum absolute atomic E-state index is 0.00280. The Morgan fingerprint density at radius 3 is 2.15 bits per heavy atom. The lowest BCUT2D eigenvalue weighted by molar-refractivity contribution is -0.157. The van der Waals surface area contributed by atoms with Crippen LogP contribution in [0.5, 0.6) is 0 Å². The van der Waals surface area contributed by atoms with E-state index in [2.05, 4.69) is 29.6 Å². The van der Waals surface area contributed by atoms with E-state index in [4.69, 9.17) is 9.47 Å². The number of alkyl carbamates (subject to hydrolysis) is 1. The lowest BCUT2D eigenvalue weighted by atomic mass is 9.98. The Balaban J connectivity index is 1.38. The number of hydrogen-bond acceptors (Lipinski definition) is 5. The van der Waals surface area contributed by atoms with Gasteiger partial charge in [0.15, 0.2) is 0 Å². The summed E-state index contributed by atoms with van der Waals surface area (Å²) in [6.07, 6.45) is -0.461. The first kappa shape index (κ1) is 25.2. The van der Waals surface area contributed by atoms with Gasteiger partial charge in [-0.2, -0.15) is 0 Å². The number of hydrogen-bond donors (Lipinski definition) is 2. The van der Waals surface area contributed by atoms with Gasteiger partial charge in [-0.05, 0) is 43.0 Å². The monoisotopic (exact) mass is 468 g/mol. The molecule has 1 aliphatic carbocycles. The van der Waals surface area contributed by atoms with Crippen molar-refractivity contribution in [3.8, 4) is 11.1 Å². The zero-order valence-corrected chi connectivity index (χ0v) is 19.9. The van der Waals surface area contributed by atoms with Gasteiger partial charge in [0, 0.05) is 19.0 Å². The maximum atomic E-state index is 12.3. The number of aliphatic carboxylic acids is 1. The molecule has 0 radical (unpaired) electrons. The minimum Gasteiger partial charge on any atom is -0.480 e. The van der Waals surface area contributed by atoms with E-state index in [1.165, 1.54) is 29.9 Å². The zero-order chi connectivity index (χ0) is 24.7. The number of carbonyl (C=O) groups is 3. The number of carboxylic acids is 1. The van der Waals surface area contributed by atoms with Gasteiger partial charge in [-0.15, -0.1) is 0 Å². The zero-order valence-electron chi connectivity index (χ0n) is 19.9. The van der Waals surface area contributed by atoms with Crippen molar-refractivity contribution in [2.75, 3.05) is 32.9 Å². The van der Waals surface area contributed by atoms with Crippen LogP contribution in [0.1, 0.15) is 44.2 Å². The molecule has 2 aromatic carbocycles. The third-order valence-corrected chi connectivity index (χ3v) is 6.14. The van der Waals surface area contributed by atoms with E-state index < -0.39 is 17.6 Å². The fourth-order valence-corrected chi connectivity index (χ4v) is 4.27. The van der Waals surface area contributed by atoms with Gasteiger partial charge < -0.3 is 24.8 Å². The number of nitrogens with one attached hydrogen (secondary N) is 1. The largest absolute Gasteiger partial charge is 0.480 e. The molecule has 0 atom stereocenters. The molecule has 0 spiro atoms. The molecule has 2 amide bonds. The summed E-state index contributed by atoms with van der Waals surface area (Å²) in [5.74, 6) is -1.35. The predicted octanol–water partition coefficient (Wildman–Crippen LogP) is 3.64. The Kier molecular flexibility index (Phi) is 8.28. The first-order valence-corrected chi connectivity index (χ1v) is 11.5. The lowest BCUT2D eigenvalue weighted by Gasteiger charge is -2.34. The van der Waals surface area contributed by atoms with Crippen LogP contribution in [0, 0.1) is 0 Å². The van der Waals surface area contributed by atoms with Crippen LogP contribution in [0.4, 0.5) is 4.79 Å². The molecule has 0 aliphatic heterocycles. The highest BCUT2D eigenvalue weighted by Crippen LogP contribution is 2.44. The van der Waals surface area contributed by atoms with Gasteiger partial charge in [0.05, 0.1) is 19.6 Å². The molecule has 2 N–H and O–H groups in total. The standard InChI is InChI=1S/C26H32N2O6/c1-4-28(26(2,3)24(30)31)23(29)13-15-33-16-14-27-25(32)34-17-22-20-11-7-5-9-18(20)19-10-6-8-12-21(19)22/h5-12,22H,4,13-17H2,1-3H3,(H,27,32)(H,30,31). The van der Waals surface area contributed by atoms with Crippen molar-refractivity contribution >= 4 is 18.0 Å². The van der Waals surface area contributed by atoms with Gasteiger partial charge in [0.2, 0.25) is 5.91 Å². The molecular formula is C26H32N2O6. The molecule has 34 heavy (non-hydrogen) atoms. The van der Waals surface area contributed by atoms with E-state index in [0.717, 1.165) is 11.1 Å². The highest BCUT2D eigenvalue weighted by atomic mass is 16.5. The molecule has 3 rings (SSSR count). The molecule has 0 heterocycles. The fraction of sp³-hybridized carbons (Fsp3) is 0.423. The molecule has 8 nitrogen and oxygen atoms in total. The molecule has 1 aliphatic rings. The molecule has 182 valence electrons. The molecule has 8 heteroatoms. The maximum absolute atomic E-state index is 12.3. The summed E-state index contributed by atoms with van der Waals surface area (Å²) in [5.41, 5.74) is 3.36. The van der Waals surface area contributed by atoms with Gasteiger partial charge in [-0.1, -0.05) is 48.5 Å². The summed E-state index contributed by atoms with van der Waals surface area (Å²) in [6.45, 7) is 5.85. The number of nitrogens with zero attached hydrogens (tertiary/aromatic N) is 1. The third kappa shape index (κ3) is 5.56. The van der Waals surface area contributed by atoms with Crippen molar-refractivity contribution in [3.63, 3.8) is 0 Å². The summed E-state index contributed by atoms with van der Waals surface area (Å²) < 4.78 is 10.9. The van der Waals surface area contributed by atoms with Crippen LogP contribution in [0.25, 0.3) is 11.1 Å². The topological polar surface area (TPSA) is 105 Å². The van der Waals surface area contributed by atoms with Crippen molar-refractivity contribution in [2.24, 2.45) is 0 Å². The normalized spacial score (nSPS) is 12.6. The number of benzene rings is 2. The highest BCUT2D eigenvalue weighted by Gasteiger charge is 2.36. The van der Waals surface area contributed by atoms with E-state index in [9.17, 15) is 19.5 Å². The van der Waals surface area contributed by atoms with Crippen molar-refractivity contribution in [2.45, 2.75) is 38.6 Å². The lowest BCUT2D eigenvalue weighted by Crippen LogP contribution is -2.53. The van der Waals surface area contributed by atoms with Crippen LogP contribution in [-0.4, -0.2) is 66.4 Å². The molecule has 2 aromatic rings. The van der Waals surface area contributed by atoms with Crippen LogP contribution in [0.3, 0.4) is 0 Å². The van der Waals surface area contributed by atoms with Gasteiger partial charge in [-0.3, -0.25) is 4.79 Å². The van der Waals surface area contributed by atoms with Crippen LogP contribution in [0.15, 0.2) is 48.5 Å². The molecule has 0 saturated carbocycles. The quantitative estimate of drug-likeness (QED) is 0.488. The number of carboxylic acid groups (broad SMARTS) is 1. The Morgan fingerprint density at radius 2 is 1.59 bits per heavy atom. The summed E-state index contributed by atoms with van der Waals surface area (Å²) in [7, 11) is 0. The predicted molar refractivity (Wildman–Crippen MR) is 128 cm³/mol. The average molecular weight is 469 g/mol. The summed E-state index contributed by atoms with van der Waals surface area (Å²) in [6, 6.07) is 16.3. The summed E-state index contributed by atoms with van der Waals surface area (Å²) >= 11 is 0. The van der Waals surface area contributed by atoms with E-state index in [0.29, 0.717) is 6.54 Å². The van der Waals surface area contributed by atoms with E-state index >= 15 is 0 Å². The second-order valence-electron chi connectivity index (χ2n) is 8.62. The van der Waals surface area contributed by atoms with Crippen molar-refractivity contribution < 1.29 is 29.0 Å². The van der Waals surface area contributed by atoms with Gasteiger partial charge in [-0.25, -0.2) is 9.59 Å². The molecule has 0 unspecified atom stereocenters. The maximum Gasteiger partial charge on any atom is 0.407 e. The van der Waals surface area contributed by atoms with Crippen LogP contribution in [0.2, 0.25) is 0 Å². The summed E-state index contributed by atoms with van der Waals surface area (Å²) in [5, 5.41) is 12.0. The number of fused-ring (bicyclic) bond motifs is 3. The van der Waals surface area contributed by atoms with E-state index in [-0.39, 0.29) is 44.6 Å². The van der Waals surface area contributed by atoms with Crippen LogP contribution < -0.4 is 5.32 Å². The van der Waals surface area contributed by atoms with E-state index in [1.54, 1.807) is 6.92 Å². The molecule has 0 bridgehead atoms. The first-order valence-electron chi connectivity index (χ1n) is 11.5. The van der Waals surface area contributed by atoms with Gasteiger partial charge in [0.25, 0.3) is 0 Å². The van der Waals surface area contributed by atoms with E-state index in [1.807, 2.05) is 24.3 Å². The Morgan fingerprint density at radius 1 is 1.00 bits per heavy atom. The first-order chi connectivity index (χ1) is 16.3. The van der Waals surface area contributed by atoms with Crippen LogP contribution in [-0.2, 0) is 19.1 Å². The molecule has 0 aromatic heterocycles. The smallest absolute Gasteiger partial charge is 0.407 e. The van der Waals surface area contributed by atoms with Gasteiger partial charge in [0.1, 0.15) is 12.1 Å². The highest BCUT2D eigenvalue weighted by molar-refractivity contribution is 5.86. The molecular weight excluding hydrogens is 436 g/mol. The Bertz CT molecular complexity index is 990. The Labute approximate surface area is 199 Å². The SMILES string of the molecule is CCN(C(=O)CCOCCNC(=O)OCC1c2ccccc2-c2ccccc21)C(C)(C)C(=O)O. The number of rotatable bonds is 11. The number of amides is 2. The molecule has 0 fully saturated rings. The van der Waals surface area contributed by atoms with Crippen molar-refractivity contribution in [1.29, 1.82) is 0 Å². The van der Waals surface area contributed by atoms with Gasteiger partial charge >= 0.3 is 12.1 Å². The van der Waals surface area contributed by atoms with Crippen molar-refractivity contribution in [3.05, 3.63) is 59.7 Å². The minimum atomic E-state index is -1.28. The van der Waals surface area contributed by atoms with Crippen molar-refractivity contribution in [1.82, 2.24) is 10.2 Å². The third-order valence-electron chi connectivity index (χ3n) is 6.14. The second-order valence-corrected chi connectivity index (χ2v) is 8.62. The average Bonchev–Trinajstić information content (AvgIpc) is 3.14. The number of likely N-dealkylation sites (N-methyl/N-ethyl adjacent to an activating group) is 1. The number of carbonyl (C=O) groups excluding carboxylic acids is 2.